The van der Waals surface area contributed by atoms with Gasteiger partial charge in [0.05, 0.1) is 6.61 Å². The van der Waals surface area contributed by atoms with Gasteiger partial charge in [0, 0.05) is 5.57 Å². The SMILES string of the molecule is C=C(C)C(=O)OCCCCN(C)C.Cl.N. The van der Waals surface area contributed by atoms with Crippen LogP contribution in [0.1, 0.15) is 19.8 Å². The lowest BCUT2D eigenvalue weighted by atomic mass is 10.3. The molecule has 0 amide bonds. The second kappa shape index (κ2) is 11.5. The van der Waals surface area contributed by atoms with Gasteiger partial charge in [-0.15, -0.1) is 12.4 Å². The number of hydrogen-bond acceptors (Lipinski definition) is 4. The summed E-state index contributed by atoms with van der Waals surface area (Å²) in [7, 11) is 4.06. The molecule has 3 N–H and O–H groups in total. The number of unbranched alkanes of at least 4 members (excludes halogenated alkanes) is 1. The second-order valence-corrected chi connectivity index (χ2v) is 3.43. The van der Waals surface area contributed by atoms with E-state index in [1.165, 1.54) is 0 Å². The van der Waals surface area contributed by atoms with Crippen molar-refractivity contribution in [2.75, 3.05) is 27.2 Å². The van der Waals surface area contributed by atoms with Crippen LogP contribution in [0.25, 0.3) is 0 Å². The fourth-order valence-corrected chi connectivity index (χ4v) is 0.818. The molecule has 0 aromatic carbocycles. The highest BCUT2D eigenvalue weighted by Crippen LogP contribution is 1.96. The first-order chi connectivity index (χ1) is 6.04. The average Bonchev–Trinajstić information content (AvgIpc) is 2.02. The van der Waals surface area contributed by atoms with Crippen molar-refractivity contribution in [3.05, 3.63) is 12.2 Å². The molecule has 0 bridgehead atoms. The molecule has 0 spiro atoms. The van der Waals surface area contributed by atoms with Gasteiger partial charge in [0.25, 0.3) is 0 Å². The first-order valence-electron chi connectivity index (χ1n) is 4.51. The molecule has 92 valence electrons. The maximum Gasteiger partial charge on any atom is 0.333 e. The van der Waals surface area contributed by atoms with Crippen molar-refractivity contribution < 1.29 is 9.53 Å². The van der Waals surface area contributed by atoms with Crippen LogP contribution in [0.5, 0.6) is 0 Å². The Morgan fingerprint density at radius 1 is 1.33 bits per heavy atom. The summed E-state index contributed by atoms with van der Waals surface area (Å²) in [5.74, 6) is -0.287. The number of nitrogens with zero attached hydrogens (tertiary/aromatic N) is 1. The van der Waals surface area contributed by atoms with Gasteiger partial charge in [-0.25, -0.2) is 4.79 Å². The first kappa shape index (κ1) is 19.9. The van der Waals surface area contributed by atoms with E-state index in [0.717, 1.165) is 19.4 Å². The Hall–Kier alpha value is -0.580. The van der Waals surface area contributed by atoms with E-state index in [-0.39, 0.29) is 24.5 Å². The maximum absolute atomic E-state index is 10.9. The minimum Gasteiger partial charge on any atom is -0.462 e. The number of rotatable bonds is 6. The molecular formula is C10H23ClN2O2. The van der Waals surface area contributed by atoms with Crippen LogP contribution >= 0.6 is 12.4 Å². The summed E-state index contributed by atoms with van der Waals surface area (Å²) in [6, 6.07) is 0. The van der Waals surface area contributed by atoms with Gasteiger partial charge in [-0.3, -0.25) is 0 Å². The van der Waals surface area contributed by atoms with Crippen molar-refractivity contribution in [1.82, 2.24) is 11.1 Å². The van der Waals surface area contributed by atoms with E-state index in [4.69, 9.17) is 4.74 Å². The third-order valence-electron chi connectivity index (χ3n) is 1.58. The van der Waals surface area contributed by atoms with E-state index in [0.29, 0.717) is 12.2 Å². The van der Waals surface area contributed by atoms with Gasteiger partial charge >= 0.3 is 5.97 Å². The zero-order valence-corrected chi connectivity index (χ0v) is 10.7. The van der Waals surface area contributed by atoms with Crippen molar-refractivity contribution >= 4 is 18.4 Å². The average molecular weight is 239 g/mol. The zero-order valence-electron chi connectivity index (χ0n) is 9.91. The van der Waals surface area contributed by atoms with Gasteiger partial charge in [-0.05, 0) is 40.4 Å². The Morgan fingerprint density at radius 2 is 1.87 bits per heavy atom. The zero-order chi connectivity index (χ0) is 10.3. The van der Waals surface area contributed by atoms with Crippen LogP contribution in [-0.2, 0) is 9.53 Å². The largest absolute Gasteiger partial charge is 0.462 e. The highest BCUT2D eigenvalue weighted by molar-refractivity contribution is 5.86. The van der Waals surface area contributed by atoms with Gasteiger partial charge < -0.3 is 15.8 Å². The Morgan fingerprint density at radius 3 is 2.27 bits per heavy atom. The number of carbonyl (C=O) groups is 1. The van der Waals surface area contributed by atoms with Crippen LogP contribution in [0.4, 0.5) is 0 Å². The van der Waals surface area contributed by atoms with Crippen LogP contribution in [0.3, 0.4) is 0 Å². The lowest BCUT2D eigenvalue weighted by Crippen LogP contribution is -2.14. The number of ether oxygens (including phenoxy) is 1. The molecule has 0 aromatic heterocycles. The van der Waals surface area contributed by atoms with Gasteiger partial charge in [-0.1, -0.05) is 6.58 Å². The van der Waals surface area contributed by atoms with E-state index >= 15 is 0 Å². The van der Waals surface area contributed by atoms with Crippen LogP contribution in [0.15, 0.2) is 12.2 Å². The van der Waals surface area contributed by atoms with Gasteiger partial charge in [-0.2, -0.15) is 0 Å². The van der Waals surface area contributed by atoms with Crippen molar-refractivity contribution in [3.63, 3.8) is 0 Å². The molecule has 0 aliphatic carbocycles. The standard InChI is InChI=1S/C10H19NO2.ClH.H3N/c1-9(2)10(12)13-8-6-5-7-11(3)4;;/h1,5-8H2,2-4H3;1H;1H3. The van der Waals surface area contributed by atoms with Crippen molar-refractivity contribution in [3.8, 4) is 0 Å². The minimum absolute atomic E-state index is 0. The first-order valence-corrected chi connectivity index (χ1v) is 4.51. The normalized spacial score (nSPS) is 8.80. The molecule has 0 unspecified atom stereocenters. The predicted octanol–water partition coefficient (Wildman–Crippen LogP) is 2.03. The number of halogens is 1. The summed E-state index contributed by atoms with van der Waals surface area (Å²) in [6.45, 7) is 6.69. The number of esters is 1. The molecule has 0 heterocycles. The Bertz CT molecular complexity index is 184. The highest BCUT2D eigenvalue weighted by Gasteiger charge is 2.01. The lowest BCUT2D eigenvalue weighted by molar-refractivity contribution is -0.139. The molecule has 0 fully saturated rings. The number of hydrogen-bond donors (Lipinski definition) is 1. The van der Waals surface area contributed by atoms with Crippen molar-refractivity contribution in [2.24, 2.45) is 0 Å². The predicted molar refractivity (Wildman–Crippen MR) is 65.8 cm³/mol. The summed E-state index contributed by atoms with van der Waals surface area (Å²) >= 11 is 0. The van der Waals surface area contributed by atoms with Gasteiger partial charge in [0.2, 0.25) is 0 Å². The summed E-state index contributed by atoms with van der Waals surface area (Å²) < 4.78 is 4.93. The fraction of sp³-hybridized carbons (Fsp3) is 0.700. The summed E-state index contributed by atoms with van der Waals surface area (Å²) in [4.78, 5) is 13.0. The van der Waals surface area contributed by atoms with E-state index in [1.54, 1.807) is 6.92 Å². The molecule has 0 aromatic rings. The van der Waals surface area contributed by atoms with Crippen molar-refractivity contribution in [2.45, 2.75) is 19.8 Å². The Kier molecular flexibility index (Phi) is 15.3. The van der Waals surface area contributed by atoms with E-state index in [9.17, 15) is 4.79 Å². The molecule has 0 rings (SSSR count). The summed E-state index contributed by atoms with van der Waals surface area (Å²) in [6.07, 6.45) is 1.97. The van der Waals surface area contributed by atoms with E-state index in [2.05, 4.69) is 11.5 Å². The summed E-state index contributed by atoms with van der Waals surface area (Å²) in [5, 5.41) is 0. The van der Waals surface area contributed by atoms with Crippen LogP contribution in [0, 0.1) is 0 Å². The Labute approximate surface area is 98.7 Å². The van der Waals surface area contributed by atoms with E-state index < -0.39 is 0 Å². The monoisotopic (exact) mass is 238 g/mol. The highest BCUT2D eigenvalue weighted by atomic mass is 35.5. The molecule has 0 aliphatic rings. The topological polar surface area (TPSA) is 64.5 Å². The van der Waals surface area contributed by atoms with Gasteiger partial charge in [0.1, 0.15) is 0 Å². The third-order valence-corrected chi connectivity index (χ3v) is 1.58. The molecule has 4 nitrogen and oxygen atoms in total. The molecule has 0 atom stereocenters. The molecule has 5 heteroatoms. The molecule has 0 aliphatic heterocycles. The minimum atomic E-state index is -0.287. The summed E-state index contributed by atoms with van der Waals surface area (Å²) in [5.41, 5.74) is 0.465. The fourth-order valence-electron chi connectivity index (χ4n) is 0.818. The van der Waals surface area contributed by atoms with Crippen LogP contribution in [0.2, 0.25) is 0 Å². The van der Waals surface area contributed by atoms with Crippen molar-refractivity contribution in [1.29, 1.82) is 0 Å². The quantitative estimate of drug-likeness (QED) is 0.437. The molecule has 0 saturated carbocycles. The molecular weight excluding hydrogens is 216 g/mol. The third kappa shape index (κ3) is 13.4. The molecule has 0 radical (unpaired) electrons. The van der Waals surface area contributed by atoms with E-state index in [1.807, 2.05) is 14.1 Å². The molecule has 0 saturated heterocycles. The van der Waals surface area contributed by atoms with Gasteiger partial charge in [0.15, 0.2) is 0 Å². The smallest absolute Gasteiger partial charge is 0.333 e. The number of carbonyl (C=O) groups excluding carboxylic acids is 1. The van der Waals surface area contributed by atoms with Crippen LogP contribution in [-0.4, -0.2) is 38.1 Å². The second-order valence-electron chi connectivity index (χ2n) is 3.43. The molecule has 15 heavy (non-hydrogen) atoms. The maximum atomic E-state index is 10.9. The lowest BCUT2D eigenvalue weighted by Gasteiger charge is -2.08. The Balaban J connectivity index is -0.000000720. The van der Waals surface area contributed by atoms with Crippen LogP contribution < -0.4 is 6.15 Å².